The molecule has 0 bridgehead atoms. The normalized spacial score (nSPS) is 11.2. The molecule has 0 aliphatic rings. The van der Waals surface area contributed by atoms with Gasteiger partial charge in [0.2, 0.25) is 0 Å². The minimum Gasteiger partial charge on any atom is -0.398 e. The Morgan fingerprint density at radius 2 is 1.31 bits per heavy atom. The first-order chi connectivity index (χ1) is 12.8. The van der Waals surface area contributed by atoms with Crippen molar-refractivity contribution >= 4 is 27.5 Å². The molecule has 0 aliphatic heterocycles. The number of nitrogens with zero attached hydrogens (tertiary/aromatic N) is 1. The molecular formula is C24H18N2. The van der Waals surface area contributed by atoms with Gasteiger partial charge >= 0.3 is 0 Å². The van der Waals surface area contributed by atoms with Crippen LogP contribution in [0.15, 0.2) is 97.1 Å². The van der Waals surface area contributed by atoms with Gasteiger partial charge in [0.15, 0.2) is 0 Å². The molecule has 0 atom stereocenters. The third-order valence-electron chi connectivity index (χ3n) is 4.95. The standard InChI is InChI=1S/C24H18N2/c25-21-12-7-13-22-24(21)20-15-14-18(17-8-3-1-4-9-17)16-23(20)26(22)19-10-5-2-6-11-19/h1-16H,25H2. The summed E-state index contributed by atoms with van der Waals surface area (Å²) in [5.41, 5.74) is 13.0. The van der Waals surface area contributed by atoms with Crippen molar-refractivity contribution in [3.8, 4) is 16.8 Å². The van der Waals surface area contributed by atoms with E-state index in [0.717, 1.165) is 22.3 Å². The van der Waals surface area contributed by atoms with Crippen LogP contribution in [0.1, 0.15) is 0 Å². The van der Waals surface area contributed by atoms with Gasteiger partial charge in [0, 0.05) is 22.1 Å². The molecule has 0 amide bonds. The van der Waals surface area contributed by atoms with Crippen molar-refractivity contribution in [2.24, 2.45) is 0 Å². The molecule has 0 radical (unpaired) electrons. The molecule has 1 aromatic heterocycles. The molecular weight excluding hydrogens is 316 g/mol. The summed E-state index contributed by atoms with van der Waals surface area (Å²) in [6.45, 7) is 0. The van der Waals surface area contributed by atoms with E-state index < -0.39 is 0 Å². The molecule has 0 unspecified atom stereocenters. The van der Waals surface area contributed by atoms with Gasteiger partial charge in [-0.3, -0.25) is 0 Å². The molecule has 2 N–H and O–H groups in total. The number of para-hydroxylation sites is 1. The highest BCUT2D eigenvalue weighted by molar-refractivity contribution is 6.15. The van der Waals surface area contributed by atoms with Crippen molar-refractivity contribution in [1.29, 1.82) is 0 Å². The van der Waals surface area contributed by atoms with E-state index in [1.165, 1.54) is 22.0 Å². The molecule has 0 aliphatic carbocycles. The van der Waals surface area contributed by atoms with Crippen molar-refractivity contribution in [3.63, 3.8) is 0 Å². The number of nitrogens with two attached hydrogens (primary N) is 1. The third kappa shape index (κ3) is 2.20. The molecule has 5 rings (SSSR count). The predicted octanol–water partition coefficient (Wildman–Crippen LogP) is 6.03. The maximum absolute atomic E-state index is 6.35. The zero-order valence-corrected chi connectivity index (χ0v) is 14.3. The topological polar surface area (TPSA) is 30.9 Å². The number of fused-ring (bicyclic) bond motifs is 3. The fourth-order valence-corrected chi connectivity index (χ4v) is 3.76. The van der Waals surface area contributed by atoms with Crippen LogP contribution in [0.4, 0.5) is 5.69 Å². The van der Waals surface area contributed by atoms with E-state index in [9.17, 15) is 0 Å². The number of aromatic nitrogens is 1. The van der Waals surface area contributed by atoms with Crippen LogP contribution in [0.25, 0.3) is 38.6 Å². The van der Waals surface area contributed by atoms with Crippen molar-refractivity contribution in [2.75, 3.05) is 5.73 Å². The summed E-state index contributed by atoms with van der Waals surface area (Å²) in [7, 11) is 0. The minimum atomic E-state index is 0.814. The van der Waals surface area contributed by atoms with Crippen LogP contribution in [-0.2, 0) is 0 Å². The predicted molar refractivity (Wildman–Crippen MR) is 111 cm³/mol. The van der Waals surface area contributed by atoms with Gasteiger partial charge in [-0.2, -0.15) is 0 Å². The number of anilines is 1. The average molecular weight is 334 g/mol. The van der Waals surface area contributed by atoms with Gasteiger partial charge in [-0.1, -0.05) is 66.7 Å². The lowest BCUT2D eigenvalue weighted by Crippen LogP contribution is -1.93. The first-order valence-electron chi connectivity index (χ1n) is 8.76. The Hall–Kier alpha value is -3.52. The summed E-state index contributed by atoms with van der Waals surface area (Å²) < 4.78 is 2.30. The molecule has 2 heteroatoms. The maximum Gasteiger partial charge on any atom is 0.0561 e. The van der Waals surface area contributed by atoms with E-state index in [-0.39, 0.29) is 0 Å². The molecule has 124 valence electrons. The van der Waals surface area contributed by atoms with E-state index in [2.05, 4.69) is 77.4 Å². The molecule has 1 heterocycles. The minimum absolute atomic E-state index is 0.814. The van der Waals surface area contributed by atoms with Crippen molar-refractivity contribution in [1.82, 2.24) is 4.57 Å². The molecule has 0 saturated heterocycles. The van der Waals surface area contributed by atoms with Crippen LogP contribution in [-0.4, -0.2) is 4.57 Å². The first kappa shape index (κ1) is 14.8. The smallest absolute Gasteiger partial charge is 0.0561 e. The van der Waals surface area contributed by atoms with Crippen LogP contribution in [0.3, 0.4) is 0 Å². The van der Waals surface area contributed by atoms with Crippen LogP contribution in [0, 0.1) is 0 Å². The van der Waals surface area contributed by atoms with E-state index in [1.54, 1.807) is 0 Å². The van der Waals surface area contributed by atoms with Gasteiger partial charge in [0.1, 0.15) is 0 Å². The zero-order chi connectivity index (χ0) is 17.5. The summed E-state index contributed by atoms with van der Waals surface area (Å²) in [5.74, 6) is 0. The number of rotatable bonds is 2. The van der Waals surface area contributed by atoms with Crippen LogP contribution >= 0.6 is 0 Å². The Kier molecular flexibility index (Phi) is 3.29. The molecule has 4 aromatic carbocycles. The first-order valence-corrected chi connectivity index (χ1v) is 8.76. The van der Waals surface area contributed by atoms with E-state index >= 15 is 0 Å². The fraction of sp³-hybridized carbons (Fsp3) is 0. The summed E-state index contributed by atoms with van der Waals surface area (Å²) in [5, 5.41) is 2.30. The highest BCUT2D eigenvalue weighted by Crippen LogP contribution is 2.37. The van der Waals surface area contributed by atoms with Crippen LogP contribution in [0.5, 0.6) is 0 Å². The Labute approximate surface area is 152 Å². The Balaban J connectivity index is 1.91. The van der Waals surface area contributed by atoms with Gasteiger partial charge in [-0.05, 0) is 41.5 Å². The molecule has 0 fully saturated rings. The van der Waals surface area contributed by atoms with E-state index in [4.69, 9.17) is 5.73 Å². The van der Waals surface area contributed by atoms with Gasteiger partial charge in [0.25, 0.3) is 0 Å². The second-order valence-corrected chi connectivity index (χ2v) is 6.51. The van der Waals surface area contributed by atoms with Crippen molar-refractivity contribution < 1.29 is 0 Å². The van der Waals surface area contributed by atoms with Gasteiger partial charge in [-0.15, -0.1) is 0 Å². The molecule has 0 spiro atoms. The Bertz CT molecular complexity index is 1220. The monoisotopic (exact) mass is 334 g/mol. The second-order valence-electron chi connectivity index (χ2n) is 6.51. The molecule has 0 saturated carbocycles. The highest BCUT2D eigenvalue weighted by Gasteiger charge is 2.14. The summed E-state index contributed by atoms with van der Waals surface area (Å²) in [6, 6.07) is 33.7. The van der Waals surface area contributed by atoms with Gasteiger partial charge in [-0.25, -0.2) is 0 Å². The van der Waals surface area contributed by atoms with E-state index in [1.807, 2.05) is 24.3 Å². The number of hydrogen-bond acceptors (Lipinski definition) is 1. The van der Waals surface area contributed by atoms with E-state index in [0.29, 0.717) is 0 Å². The summed E-state index contributed by atoms with van der Waals surface area (Å²) >= 11 is 0. The Morgan fingerprint density at radius 3 is 2.08 bits per heavy atom. The second kappa shape index (κ2) is 5.78. The quantitative estimate of drug-likeness (QED) is 0.392. The van der Waals surface area contributed by atoms with Gasteiger partial charge < -0.3 is 10.3 Å². The van der Waals surface area contributed by atoms with Crippen molar-refractivity contribution in [2.45, 2.75) is 0 Å². The Morgan fingerprint density at radius 1 is 0.577 bits per heavy atom. The molecule has 2 nitrogen and oxygen atoms in total. The lowest BCUT2D eigenvalue weighted by atomic mass is 10.0. The fourth-order valence-electron chi connectivity index (χ4n) is 3.76. The highest BCUT2D eigenvalue weighted by atomic mass is 15.0. The maximum atomic E-state index is 6.35. The number of nitrogen functional groups attached to an aromatic ring is 1. The van der Waals surface area contributed by atoms with Crippen LogP contribution < -0.4 is 5.73 Å². The summed E-state index contributed by atoms with van der Waals surface area (Å²) in [4.78, 5) is 0. The van der Waals surface area contributed by atoms with Gasteiger partial charge in [0.05, 0.1) is 11.0 Å². The van der Waals surface area contributed by atoms with Crippen molar-refractivity contribution in [3.05, 3.63) is 97.1 Å². The molecule has 5 aromatic rings. The third-order valence-corrected chi connectivity index (χ3v) is 4.95. The lowest BCUT2D eigenvalue weighted by Gasteiger charge is -2.09. The average Bonchev–Trinajstić information content (AvgIpc) is 3.04. The zero-order valence-electron chi connectivity index (χ0n) is 14.3. The number of hydrogen-bond donors (Lipinski definition) is 1. The van der Waals surface area contributed by atoms with Crippen LogP contribution in [0.2, 0.25) is 0 Å². The lowest BCUT2D eigenvalue weighted by molar-refractivity contribution is 1.18. The largest absolute Gasteiger partial charge is 0.398 e. The molecule has 26 heavy (non-hydrogen) atoms. The summed E-state index contributed by atoms with van der Waals surface area (Å²) in [6.07, 6.45) is 0. The SMILES string of the molecule is Nc1cccc2c1c1ccc(-c3ccccc3)cc1n2-c1ccccc1. The number of benzene rings is 4.